The van der Waals surface area contributed by atoms with E-state index >= 15 is 0 Å². The molecule has 57 heavy (non-hydrogen) atoms. The first-order chi connectivity index (χ1) is 26.9. The van der Waals surface area contributed by atoms with Gasteiger partial charge >= 0.3 is 11.9 Å². The van der Waals surface area contributed by atoms with Crippen molar-refractivity contribution in [3.05, 3.63) is 77.4 Å². The fourth-order valence-corrected chi connectivity index (χ4v) is 7.92. The first-order valence-electron chi connectivity index (χ1n) is 20.7. The predicted octanol–water partition coefficient (Wildman–Crippen LogP) is 10.1. The lowest BCUT2D eigenvalue weighted by atomic mass is 9.74. The third-order valence-electron chi connectivity index (χ3n) is 11.6. The molecule has 2 aromatic rings. The van der Waals surface area contributed by atoms with E-state index in [0.717, 1.165) is 42.6 Å². The number of esters is 2. The number of benzene rings is 2. The molecule has 1 fully saturated rings. The van der Waals surface area contributed by atoms with E-state index in [-0.39, 0.29) is 36.6 Å². The van der Waals surface area contributed by atoms with Gasteiger partial charge in [-0.1, -0.05) is 110 Å². The Morgan fingerprint density at radius 2 is 1.53 bits per heavy atom. The summed E-state index contributed by atoms with van der Waals surface area (Å²) in [6, 6.07) is 17.8. The molecule has 1 heterocycles. The van der Waals surface area contributed by atoms with Crippen molar-refractivity contribution in [2.24, 2.45) is 5.41 Å². The number of unbranched alkanes of at least 4 members (excludes halogenated alkanes) is 4. The van der Waals surface area contributed by atoms with Crippen molar-refractivity contribution >= 4 is 20.3 Å². The third-order valence-corrected chi connectivity index (χ3v) is 16.0. The molecule has 0 saturated carbocycles. The molecule has 320 valence electrons. The number of carbonyl (C=O) groups excluding carboxylic acids is 2. The van der Waals surface area contributed by atoms with E-state index in [0.29, 0.717) is 31.6 Å². The Morgan fingerprint density at radius 1 is 0.895 bits per heavy atom. The highest BCUT2D eigenvalue weighted by Crippen LogP contribution is 2.49. The largest absolute Gasteiger partial charge is 0.497 e. The van der Waals surface area contributed by atoms with E-state index in [1.54, 1.807) is 14.2 Å². The quantitative estimate of drug-likeness (QED) is 0.0466. The van der Waals surface area contributed by atoms with E-state index in [1.165, 1.54) is 13.2 Å². The lowest BCUT2D eigenvalue weighted by Crippen LogP contribution is -2.65. The predicted molar refractivity (Wildman–Crippen MR) is 226 cm³/mol. The molecule has 3 unspecified atom stereocenters. The van der Waals surface area contributed by atoms with Crippen LogP contribution >= 0.6 is 0 Å². The molecule has 3 rings (SSSR count). The Balaban J connectivity index is 2.06. The lowest BCUT2D eigenvalue weighted by Gasteiger charge is -2.54. The molecular formula is C46H72O10Si. The lowest BCUT2D eigenvalue weighted by molar-refractivity contribution is -0.351. The molecule has 0 N–H and O–H groups in total. The minimum atomic E-state index is -2.25. The Hall–Kier alpha value is -3.06. The summed E-state index contributed by atoms with van der Waals surface area (Å²) in [4.78, 5) is 26.7. The van der Waals surface area contributed by atoms with Crippen molar-refractivity contribution in [1.82, 2.24) is 0 Å². The maximum atomic E-state index is 13.7. The number of ether oxygens (including phenoxy) is 7. The molecule has 2 aromatic carbocycles. The van der Waals surface area contributed by atoms with Gasteiger partial charge in [0.05, 0.1) is 45.7 Å². The first-order valence-corrected chi connectivity index (χ1v) is 23.6. The van der Waals surface area contributed by atoms with Gasteiger partial charge in [-0.2, -0.15) is 0 Å². The Bertz CT molecular complexity index is 1530. The molecule has 0 amide bonds. The molecule has 1 saturated heterocycles. The maximum Gasteiger partial charge on any atom is 0.330 e. The second-order valence-corrected chi connectivity index (χ2v) is 22.3. The zero-order valence-electron chi connectivity index (χ0n) is 36.9. The van der Waals surface area contributed by atoms with Crippen molar-refractivity contribution in [3.8, 4) is 5.75 Å². The highest BCUT2D eigenvalue weighted by molar-refractivity contribution is 6.74. The van der Waals surface area contributed by atoms with E-state index in [1.807, 2.05) is 75.4 Å². The summed E-state index contributed by atoms with van der Waals surface area (Å²) in [5.74, 6) is -1.72. The van der Waals surface area contributed by atoms with Gasteiger partial charge in [0.2, 0.25) is 5.79 Å². The minimum absolute atomic E-state index is 0.0524. The van der Waals surface area contributed by atoms with Crippen LogP contribution in [-0.2, 0) is 55.7 Å². The van der Waals surface area contributed by atoms with Gasteiger partial charge in [-0.3, -0.25) is 4.79 Å². The summed E-state index contributed by atoms with van der Waals surface area (Å²) >= 11 is 0. The van der Waals surface area contributed by atoms with Crippen molar-refractivity contribution in [1.29, 1.82) is 0 Å². The highest BCUT2D eigenvalue weighted by Gasteiger charge is 2.60. The summed E-state index contributed by atoms with van der Waals surface area (Å²) in [6.45, 7) is 20.2. The van der Waals surface area contributed by atoms with Crippen LogP contribution in [0.15, 0.2) is 66.2 Å². The summed E-state index contributed by atoms with van der Waals surface area (Å²) in [7, 11) is 2.29. The van der Waals surface area contributed by atoms with Crippen LogP contribution in [0.1, 0.15) is 111 Å². The van der Waals surface area contributed by atoms with Gasteiger partial charge in [0.1, 0.15) is 5.75 Å². The number of methoxy groups -OCH3 is 3. The van der Waals surface area contributed by atoms with Crippen molar-refractivity contribution < 1.29 is 47.2 Å². The second kappa shape index (κ2) is 22.3. The summed E-state index contributed by atoms with van der Waals surface area (Å²) in [5.41, 5.74) is 1.69. The van der Waals surface area contributed by atoms with Crippen LogP contribution in [0.2, 0.25) is 18.1 Å². The molecule has 0 radical (unpaired) electrons. The van der Waals surface area contributed by atoms with Crippen LogP contribution < -0.4 is 4.74 Å². The number of hydrogen-bond donors (Lipinski definition) is 0. The number of carbonyl (C=O) groups is 2. The summed E-state index contributed by atoms with van der Waals surface area (Å²) < 4.78 is 50.5. The van der Waals surface area contributed by atoms with Gasteiger partial charge in [0, 0.05) is 38.0 Å². The van der Waals surface area contributed by atoms with Crippen molar-refractivity contribution in [2.45, 2.75) is 161 Å². The van der Waals surface area contributed by atoms with E-state index in [2.05, 4.69) is 40.8 Å². The van der Waals surface area contributed by atoms with Crippen LogP contribution in [0.4, 0.5) is 0 Å². The average Bonchev–Trinajstić information content (AvgIpc) is 3.18. The minimum Gasteiger partial charge on any atom is -0.497 e. The fraction of sp³-hybridized carbons (Fsp3) is 0.652. The average molecular weight is 813 g/mol. The van der Waals surface area contributed by atoms with Gasteiger partial charge in [-0.25, -0.2) is 4.79 Å². The normalized spacial score (nSPS) is 20.9. The Morgan fingerprint density at radius 3 is 2.12 bits per heavy atom. The van der Waals surface area contributed by atoms with Gasteiger partial charge < -0.3 is 37.6 Å². The van der Waals surface area contributed by atoms with Crippen LogP contribution in [-0.4, -0.2) is 78.4 Å². The summed E-state index contributed by atoms with van der Waals surface area (Å²) in [6.07, 6.45) is 4.86. The molecule has 1 aliphatic heterocycles. The number of hydrogen-bond acceptors (Lipinski definition) is 10. The molecule has 5 atom stereocenters. The first kappa shape index (κ1) is 48.3. The third kappa shape index (κ3) is 14.0. The molecule has 0 aromatic heterocycles. The van der Waals surface area contributed by atoms with Crippen molar-refractivity contribution in [3.63, 3.8) is 0 Å². The molecule has 11 heteroatoms. The number of rotatable bonds is 23. The van der Waals surface area contributed by atoms with Crippen LogP contribution in [0.3, 0.4) is 0 Å². The highest BCUT2D eigenvalue weighted by atomic mass is 28.4. The van der Waals surface area contributed by atoms with Crippen LogP contribution in [0, 0.1) is 5.41 Å². The Labute approximate surface area is 344 Å². The van der Waals surface area contributed by atoms with Crippen molar-refractivity contribution in [2.75, 3.05) is 27.9 Å². The van der Waals surface area contributed by atoms with E-state index in [9.17, 15) is 9.59 Å². The van der Waals surface area contributed by atoms with E-state index in [4.69, 9.17) is 37.6 Å². The van der Waals surface area contributed by atoms with Crippen LogP contribution in [0.5, 0.6) is 5.75 Å². The molecule has 0 spiro atoms. The van der Waals surface area contributed by atoms with Crippen LogP contribution in [0.25, 0.3) is 0 Å². The van der Waals surface area contributed by atoms with Gasteiger partial charge in [0.25, 0.3) is 0 Å². The molecule has 1 aliphatic rings. The Kier molecular flexibility index (Phi) is 18.9. The maximum absolute atomic E-state index is 13.7. The van der Waals surface area contributed by atoms with Gasteiger partial charge in [0.15, 0.2) is 14.4 Å². The molecular weight excluding hydrogens is 741 g/mol. The SMILES string of the molecule is CCCCCCCC(=O)O[C@H]1C(=CC(=O)OC)CC(CC(OCc2ccc(OC)cc2)[C@H](C)OCc2ccccc2)OC1(OC)C(C)(C)CO[Si](C)(C)C(C)(C)C. The van der Waals surface area contributed by atoms with E-state index < -0.39 is 43.8 Å². The summed E-state index contributed by atoms with van der Waals surface area (Å²) in [5, 5.41) is -0.0524. The topological polar surface area (TPSA) is 108 Å². The van der Waals surface area contributed by atoms with Gasteiger partial charge in [-0.05, 0) is 66.7 Å². The zero-order valence-corrected chi connectivity index (χ0v) is 37.9. The molecule has 10 nitrogen and oxygen atoms in total. The standard InChI is InChI=1S/C46H72O10Si/c1-13-14-15-16-20-23-41(47)55-43-37(29-42(48)50-9)28-39(56-46(43,51-10)45(6,7)33-54-57(11,12)44(3,4)5)30-40(34(2)52-31-35-21-18-17-19-22-35)53-32-36-24-26-38(49-8)27-25-36/h17-19,21-22,24-27,29,34,39-40,43H,13-16,20,23,28,30-33H2,1-12H3/t34-,39?,40?,43-,46?/m0/s1. The van der Waals surface area contributed by atoms with Gasteiger partial charge in [-0.15, -0.1) is 0 Å². The molecule has 0 aliphatic carbocycles. The fourth-order valence-electron chi connectivity index (χ4n) is 6.77. The molecule has 0 bridgehead atoms. The second-order valence-electron chi connectivity index (χ2n) is 17.5. The monoisotopic (exact) mass is 812 g/mol. The zero-order chi connectivity index (χ0) is 42.3. The smallest absolute Gasteiger partial charge is 0.330 e.